The molecule has 0 saturated heterocycles. The number of nitrogens with one attached hydrogen (secondary N) is 1. The summed E-state index contributed by atoms with van der Waals surface area (Å²) in [6, 6.07) is 11.7. The van der Waals surface area contributed by atoms with Crippen molar-refractivity contribution in [3.63, 3.8) is 0 Å². The number of benzene rings is 2. The van der Waals surface area contributed by atoms with Crippen LogP contribution in [0.15, 0.2) is 48.5 Å². The van der Waals surface area contributed by atoms with Crippen molar-refractivity contribution in [1.29, 1.82) is 0 Å². The zero-order valence-electron chi connectivity index (χ0n) is 13.9. The van der Waals surface area contributed by atoms with Gasteiger partial charge in [0.05, 0.1) is 12.7 Å². The molecule has 2 aromatic carbocycles. The maximum absolute atomic E-state index is 12.5. The minimum atomic E-state index is -4.36. The number of carbonyl (C=O) groups excluding carboxylic acids is 1. The van der Waals surface area contributed by atoms with E-state index in [1.807, 2.05) is 24.3 Å². The lowest BCUT2D eigenvalue weighted by Crippen LogP contribution is -2.36. The molecule has 4 nitrogen and oxygen atoms in total. The zero-order chi connectivity index (χ0) is 18.4. The second-order valence-corrected chi connectivity index (χ2v) is 5.56. The molecule has 0 saturated carbocycles. The van der Waals surface area contributed by atoms with E-state index in [4.69, 9.17) is 4.74 Å². The Labute approximate surface area is 144 Å². The summed E-state index contributed by atoms with van der Waals surface area (Å²) in [6.45, 7) is 0.537. The van der Waals surface area contributed by atoms with Crippen molar-refractivity contribution in [1.82, 2.24) is 10.2 Å². The molecule has 2 rings (SSSR count). The lowest BCUT2D eigenvalue weighted by atomic mass is 10.1. The molecule has 0 unspecified atom stereocenters. The number of amides is 2. The van der Waals surface area contributed by atoms with Gasteiger partial charge in [-0.2, -0.15) is 13.2 Å². The summed E-state index contributed by atoms with van der Waals surface area (Å²) in [6.07, 6.45) is -4.36. The van der Waals surface area contributed by atoms with E-state index in [1.54, 1.807) is 14.2 Å². The van der Waals surface area contributed by atoms with Gasteiger partial charge in [-0.05, 0) is 35.4 Å². The molecule has 0 heterocycles. The fourth-order valence-electron chi connectivity index (χ4n) is 2.24. The first kappa shape index (κ1) is 18.6. The van der Waals surface area contributed by atoms with Gasteiger partial charge in [0.2, 0.25) is 0 Å². The van der Waals surface area contributed by atoms with E-state index in [1.165, 1.54) is 17.0 Å². The average molecular weight is 352 g/mol. The lowest BCUT2D eigenvalue weighted by molar-refractivity contribution is -0.137. The highest BCUT2D eigenvalue weighted by Gasteiger charge is 2.29. The predicted octanol–water partition coefficient (Wildman–Crippen LogP) is 4.06. The van der Waals surface area contributed by atoms with Gasteiger partial charge in [-0.3, -0.25) is 0 Å². The van der Waals surface area contributed by atoms with Gasteiger partial charge in [0.25, 0.3) is 0 Å². The number of carbonyl (C=O) groups is 1. The third-order valence-electron chi connectivity index (χ3n) is 3.63. The summed E-state index contributed by atoms with van der Waals surface area (Å²) in [5.41, 5.74) is 0.792. The summed E-state index contributed by atoms with van der Waals surface area (Å²) >= 11 is 0. The highest BCUT2D eigenvalue weighted by atomic mass is 19.4. The molecule has 2 amide bonds. The van der Waals surface area contributed by atoms with Gasteiger partial charge in [-0.15, -0.1) is 0 Å². The Morgan fingerprint density at radius 3 is 2.40 bits per heavy atom. The summed E-state index contributed by atoms with van der Waals surface area (Å²) in [7, 11) is 3.21. The summed E-state index contributed by atoms with van der Waals surface area (Å²) in [5, 5.41) is 2.68. The molecule has 0 aliphatic rings. The first-order valence-corrected chi connectivity index (χ1v) is 7.57. The van der Waals surface area contributed by atoms with Crippen molar-refractivity contribution in [3.05, 3.63) is 65.2 Å². The first-order valence-electron chi connectivity index (χ1n) is 7.57. The van der Waals surface area contributed by atoms with Crippen LogP contribution in [0.25, 0.3) is 0 Å². The fourth-order valence-corrected chi connectivity index (χ4v) is 2.24. The number of methoxy groups -OCH3 is 1. The Morgan fingerprint density at radius 1 is 1.12 bits per heavy atom. The van der Waals surface area contributed by atoms with Gasteiger partial charge >= 0.3 is 12.2 Å². The van der Waals surface area contributed by atoms with E-state index in [0.29, 0.717) is 17.9 Å². The van der Waals surface area contributed by atoms with Gasteiger partial charge in [0, 0.05) is 20.1 Å². The van der Waals surface area contributed by atoms with Gasteiger partial charge in [0.1, 0.15) is 5.75 Å². The highest BCUT2D eigenvalue weighted by Crippen LogP contribution is 2.29. The number of ether oxygens (including phenoxy) is 1. The molecule has 1 N–H and O–H groups in total. The molecule has 7 heteroatoms. The largest absolute Gasteiger partial charge is 0.497 e. The van der Waals surface area contributed by atoms with Gasteiger partial charge in [0.15, 0.2) is 0 Å². The Bertz CT molecular complexity index is 715. The molecule has 2 aromatic rings. The SMILES string of the molecule is COc1cccc(CN(C)C(=O)NCc2ccc(C(F)(F)F)cc2)c1. The lowest BCUT2D eigenvalue weighted by Gasteiger charge is -2.18. The van der Waals surface area contributed by atoms with Crippen LogP contribution in [0.4, 0.5) is 18.0 Å². The quantitative estimate of drug-likeness (QED) is 0.882. The van der Waals surface area contributed by atoms with Crippen LogP contribution in [0.3, 0.4) is 0 Å². The molecular weight excluding hydrogens is 333 g/mol. The van der Waals surface area contributed by atoms with Crippen molar-refractivity contribution < 1.29 is 22.7 Å². The van der Waals surface area contributed by atoms with Crippen LogP contribution >= 0.6 is 0 Å². The monoisotopic (exact) mass is 352 g/mol. The molecule has 0 aliphatic heterocycles. The molecular formula is C18H19F3N2O2. The van der Waals surface area contributed by atoms with Crippen LogP contribution in [-0.4, -0.2) is 25.1 Å². The minimum absolute atomic E-state index is 0.152. The summed E-state index contributed by atoms with van der Waals surface area (Å²) in [4.78, 5) is 13.6. The van der Waals surface area contributed by atoms with Gasteiger partial charge in [-0.1, -0.05) is 24.3 Å². The van der Waals surface area contributed by atoms with Crippen molar-refractivity contribution in [2.24, 2.45) is 0 Å². The Kier molecular flexibility index (Phi) is 5.90. The Balaban J connectivity index is 1.88. The van der Waals surface area contributed by atoms with Gasteiger partial charge in [-0.25, -0.2) is 4.79 Å². The summed E-state index contributed by atoms with van der Waals surface area (Å²) in [5.74, 6) is 0.705. The zero-order valence-corrected chi connectivity index (χ0v) is 13.9. The van der Waals surface area contributed by atoms with Crippen molar-refractivity contribution in [3.8, 4) is 5.75 Å². The normalized spacial score (nSPS) is 11.1. The Morgan fingerprint density at radius 2 is 1.80 bits per heavy atom. The van der Waals surface area contributed by atoms with Crippen LogP contribution in [0.1, 0.15) is 16.7 Å². The second kappa shape index (κ2) is 7.92. The Hall–Kier alpha value is -2.70. The fraction of sp³-hybridized carbons (Fsp3) is 0.278. The standard InChI is InChI=1S/C18H19F3N2O2/c1-23(12-14-4-3-5-16(10-14)25-2)17(24)22-11-13-6-8-15(9-7-13)18(19,20)21/h3-10H,11-12H2,1-2H3,(H,22,24). The third-order valence-corrected chi connectivity index (χ3v) is 3.63. The molecule has 0 fully saturated rings. The number of urea groups is 1. The average Bonchev–Trinajstić information content (AvgIpc) is 2.59. The first-order chi connectivity index (χ1) is 11.8. The van der Waals surface area contributed by atoms with Crippen LogP contribution < -0.4 is 10.1 Å². The van der Waals surface area contributed by atoms with E-state index in [9.17, 15) is 18.0 Å². The third kappa shape index (κ3) is 5.41. The maximum Gasteiger partial charge on any atom is 0.416 e. The number of hydrogen-bond donors (Lipinski definition) is 1. The van der Waals surface area contributed by atoms with Crippen LogP contribution in [0, 0.1) is 0 Å². The topological polar surface area (TPSA) is 41.6 Å². The van der Waals surface area contributed by atoms with E-state index in [2.05, 4.69) is 5.32 Å². The molecule has 0 spiro atoms. The van der Waals surface area contributed by atoms with E-state index in [0.717, 1.165) is 17.7 Å². The highest BCUT2D eigenvalue weighted by molar-refractivity contribution is 5.73. The number of nitrogens with zero attached hydrogens (tertiary/aromatic N) is 1. The van der Waals surface area contributed by atoms with Crippen LogP contribution in [0.2, 0.25) is 0 Å². The number of alkyl halides is 3. The number of halogens is 3. The smallest absolute Gasteiger partial charge is 0.416 e. The van der Waals surface area contributed by atoms with Crippen molar-refractivity contribution >= 4 is 6.03 Å². The molecule has 0 aromatic heterocycles. The van der Waals surface area contributed by atoms with Crippen molar-refractivity contribution in [2.45, 2.75) is 19.3 Å². The molecule has 0 bridgehead atoms. The van der Waals surface area contributed by atoms with Crippen molar-refractivity contribution in [2.75, 3.05) is 14.2 Å². The molecule has 25 heavy (non-hydrogen) atoms. The van der Waals surface area contributed by atoms with Crippen LogP contribution in [-0.2, 0) is 19.3 Å². The maximum atomic E-state index is 12.5. The number of rotatable bonds is 5. The van der Waals surface area contributed by atoms with Crippen LogP contribution in [0.5, 0.6) is 5.75 Å². The van der Waals surface area contributed by atoms with E-state index >= 15 is 0 Å². The molecule has 0 atom stereocenters. The predicted molar refractivity (Wildman–Crippen MR) is 88.1 cm³/mol. The van der Waals surface area contributed by atoms with Gasteiger partial charge < -0.3 is 15.0 Å². The minimum Gasteiger partial charge on any atom is -0.497 e. The van der Waals surface area contributed by atoms with E-state index < -0.39 is 11.7 Å². The molecule has 0 aliphatic carbocycles. The molecule has 0 radical (unpaired) electrons. The number of hydrogen-bond acceptors (Lipinski definition) is 2. The molecule has 134 valence electrons. The summed E-state index contributed by atoms with van der Waals surface area (Å²) < 4.78 is 42.7. The van der Waals surface area contributed by atoms with E-state index in [-0.39, 0.29) is 12.6 Å². The second-order valence-electron chi connectivity index (χ2n) is 5.56.